The van der Waals surface area contributed by atoms with E-state index in [0.29, 0.717) is 41.7 Å². The molecule has 3 aromatic rings. The van der Waals surface area contributed by atoms with Gasteiger partial charge in [-0.1, -0.05) is 23.7 Å². The molecule has 2 aromatic carbocycles. The molecule has 2 amide bonds. The fourth-order valence-corrected chi connectivity index (χ4v) is 4.53. The van der Waals surface area contributed by atoms with E-state index in [1.807, 2.05) is 29.2 Å². The van der Waals surface area contributed by atoms with Gasteiger partial charge in [0.1, 0.15) is 11.6 Å². The van der Waals surface area contributed by atoms with E-state index in [1.54, 1.807) is 56.6 Å². The number of hydrogen-bond donors (Lipinski definition) is 1. The number of nitrogens with two attached hydrogens (primary N) is 1. The molecule has 192 valence electrons. The van der Waals surface area contributed by atoms with Gasteiger partial charge in [-0.25, -0.2) is 4.98 Å². The molecular formula is C28H29ClN4O4. The van der Waals surface area contributed by atoms with Gasteiger partial charge in [0.15, 0.2) is 0 Å². The van der Waals surface area contributed by atoms with Crippen molar-refractivity contribution in [1.82, 2.24) is 9.88 Å². The summed E-state index contributed by atoms with van der Waals surface area (Å²) in [6, 6.07) is 17.9. The first-order chi connectivity index (χ1) is 17.8. The molecule has 9 heteroatoms. The van der Waals surface area contributed by atoms with Gasteiger partial charge in [0.25, 0.3) is 11.8 Å². The molecule has 1 aliphatic rings. The molecule has 0 spiro atoms. The highest BCUT2D eigenvalue weighted by Gasteiger charge is 2.33. The van der Waals surface area contributed by atoms with Crippen molar-refractivity contribution in [2.24, 2.45) is 16.6 Å². The Labute approximate surface area is 221 Å². The van der Waals surface area contributed by atoms with Crippen LogP contribution >= 0.6 is 11.6 Å². The van der Waals surface area contributed by atoms with Crippen molar-refractivity contribution in [3.05, 3.63) is 88.6 Å². The number of benzene rings is 2. The zero-order valence-corrected chi connectivity index (χ0v) is 21.5. The highest BCUT2D eigenvalue weighted by Crippen LogP contribution is 2.34. The highest BCUT2D eigenvalue weighted by atomic mass is 35.5. The lowest BCUT2D eigenvalue weighted by molar-refractivity contribution is 0.0614. The van der Waals surface area contributed by atoms with Gasteiger partial charge in [0, 0.05) is 48.3 Å². The molecule has 2 heterocycles. The monoisotopic (exact) mass is 520 g/mol. The van der Waals surface area contributed by atoms with Crippen LogP contribution in [-0.2, 0) is 0 Å². The molecule has 37 heavy (non-hydrogen) atoms. The molecule has 1 saturated heterocycles. The van der Waals surface area contributed by atoms with Crippen LogP contribution in [0.25, 0.3) is 0 Å². The van der Waals surface area contributed by atoms with Gasteiger partial charge in [0.2, 0.25) is 5.88 Å². The Morgan fingerprint density at radius 2 is 1.78 bits per heavy atom. The SMILES string of the molecule is COc1ccc(C2CN(C(=O)c3ccc(C(=O)N=C(C)N)cc3)CCC2COc2ccc(Cl)cn2)cc1. The van der Waals surface area contributed by atoms with Gasteiger partial charge in [-0.15, -0.1) is 0 Å². The number of carbonyl (C=O) groups is 2. The Kier molecular flexibility index (Phi) is 8.40. The number of ether oxygens (including phenoxy) is 2. The van der Waals surface area contributed by atoms with Crippen LogP contribution in [0.1, 0.15) is 45.5 Å². The van der Waals surface area contributed by atoms with Gasteiger partial charge in [0.05, 0.1) is 18.7 Å². The third kappa shape index (κ3) is 6.65. The van der Waals surface area contributed by atoms with E-state index in [-0.39, 0.29) is 23.6 Å². The average molecular weight is 521 g/mol. The summed E-state index contributed by atoms with van der Waals surface area (Å²) in [7, 11) is 1.63. The van der Waals surface area contributed by atoms with Crippen LogP contribution < -0.4 is 15.2 Å². The predicted molar refractivity (Wildman–Crippen MR) is 143 cm³/mol. The lowest BCUT2D eigenvalue weighted by Crippen LogP contribution is -2.44. The highest BCUT2D eigenvalue weighted by molar-refractivity contribution is 6.30. The number of likely N-dealkylation sites (tertiary alicyclic amines) is 1. The fourth-order valence-electron chi connectivity index (χ4n) is 4.42. The summed E-state index contributed by atoms with van der Waals surface area (Å²) in [5.74, 6) is 1.18. The van der Waals surface area contributed by atoms with Crippen molar-refractivity contribution in [3.8, 4) is 11.6 Å². The molecule has 0 bridgehead atoms. The number of pyridine rings is 1. The maximum Gasteiger partial charge on any atom is 0.278 e. The van der Waals surface area contributed by atoms with Crippen molar-refractivity contribution in [1.29, 1.82) is 0 Å². The number of halogens is 1. The van der Waals surface area contributed by atoms with Gasteiger partial charge in [-0.2, -0.15) is 4.99 Å². The zero-order chi connectivity index (χ0) is 26.4. The first-order valence-electron chi connectivity index (χ1n) is 12.0. The summed E-state index contributed by atoms with van der Waals surface area (Å²) in [4.78, 5) is 35.3. The minimum atomic E-state index is -0.436. The topological polar surface area (TPSA) is 107 Å². The predicted octanol–water partition coefficient (Wildman–Crippen LogP) is 4.59. The van der Waals surface area contributed by atoms with E-state index in [2.05, 4.69) is 9.98 Å². The Balaban J connectivity index is 1.50. The largest absolute Gasteiger partial charge is 0.497 e. The smallest absolute Gasteiger partial charge is 0.278 e. The summed E-state index contributed by atoms with van der Waals surface area (Å²) < 4.78 is 11.3. The average Bonchev–Trinajstić information content (AvgIpc) is 2.92. The van der Waals surface area contributed by atoms with Crippen LogP contribution in [0.5, 0.6) is 11.6 Å². The van der Waals surface area contributed by atoms with Crippen LogP contribution in [0, 0.1) is 5.92 Å². The minimum absolute atomic E-state index is 0.0543. The second-order valence-electron chi connectivity index (χ2n) is 8.94. The van der Waals surface area contributed by atoms with Crippen molar-refractivity contribution >= 4 is 29.3 Å². The van der Waals surface area contributed by atoms with Crippen LogP contribution in [0.2, 0.25) is 5.02 Å². The summed E-state index contributed by atoms with van der Waals surface area (Å²) in [6.07, 6.45) is 2.32. The number of nitrogens with zero attached hydrogens (tertiary/aromatic N) is 3. The molecule has 2 unspecified atom stereocenters. The standard InChI is InChI=1S/C28H29ClN4O4/c1-18(30)32-27(34)20-3-5-21(6-4-20)28(35)33-14-13-22(17-37-26-12-9-23(29)15-31-26)25(16-33)19-7-10-24(36-2)11-8-19/h3-12,15,22,25H,13-14,16-17H2,1-2H3,(H2,30,32,34). The first-order valence-corrected chi connectivity index (χ1v) is 12.3. The van der Waals surface area contributed by atoms with Gasteiger partial charge < -0.3 is 20.1 Å². The van der Waals surface area contributed by atoms with E-state index in [9.17, 15) is 9.59 Å². The molecular weight excluding hydrogens is 492 g/mol. The summed E-state index contributed by atoms with van der Waals surface area (Å²) in [6.45, 7) is 3.14. The molecule has 0 aliphatic carbocycles. The molecule has 8 nitrogen and oxygen atoms in total. The molecule has 1 aliphatic heterocycles. The number of aliphatic imine (C=N–C) groups is 1. The van der Waals surface area contributed by atoms with E-state index in [0.717, 1.165) is 17.7 Å². The number of piperidine rings is 1. The zero-order valence-electron chi connectivity index (χ0n) is 20.8. The maximum absolute atomic E-state index is 13.4. The molecule has 2 atom stereocenters. The molecule has 1 fully saturated rings. The molecule has 2 N–H and O–H groups in total. The number of hydrogen-bond acceptors (Lipinski definition) is 5. The Morgan fingerprint density at radius 1 is 1.08 bits per heavy atom. The van der Waals surface area contributed by atoms with Crippen molar-refractivity contribution in [3.63, 3.8) is 0 Å². The summed E-state index contributed by atoms with van der Waals surface area (Å²) in [5, 5.41) is 0.551. The second kappa shape index (κ2) is 11.9. The van der Waals surface area contributed by atoms with Gasteiger partial charge >= 0.3 is 0 Å². The molecule has 4 rings (SSSR count). The summed E-state index contributed by atoms with van der Waals surface area (Å²) >= 11 is 5.94. The van der Waals surface area contributed by atoms with Crippen LogP contribution in [0.4, 0.5) is 0 Å². The molecule has 0 saturated carbocycles. The van der Waals surface area contributed by atoms with Crippen molar-refractivity contribution in [2.45, 2.75) is 19.3 Å². The van der Waals surface area contributed by atoms with Crippen molar-refractivity contribution in [2.75, 3.05) is 26.8 Å². The first kappa shape index (κ1) is 26.2. The Hall–Kier alpha value is -3.91. The number of carbonyl (C=O) groups excluding carboxylic acids is 2. The summed E-state index contributed by atoms with van der Waals surface area (Å²) in [5.41, 5.74) is 7.49. The van der Waals surface area contributed by atoms with E-state index >= 15 is 0 Å². The Bertz CT molecular complexity index is 1260. The van der Waals surface area contributed by atoms with Crippen molar-refractivity contribution < 1.29 is 19.1 Å². The second-order valence-corrected chi connectivity index (χ2v) is 9.38. The maximum atomic E-state index is 13.4. The number of methoxy groups -OCH3 is 1. The van der Waals surface area contributed by atoms with E-state index in [1.165, 1.54) is 0 Å². The van der Waals surface area contributed by atoms with Gasteiger partial charge in [-0.3, -0.25) is 9.59 Å². The lowest BCUT2D eigenvalue weighted by Gasteiger charge is -2.39. The number of amidine groups is 1. The number of aromatic nitrogens is 1. The number of rotatable bonds is 7. The third-order valence-electron chi connectivity index (χ3n) is 6.39. The lowest BCUT2D eigenvalue weighted by atomic mass is 9.81. The van der Waals surface area contributed by atoms with Gasteiger partial charge in [-0.05, 0) is 61.4 Å². The van der Waals surface area contributed by atoms with Crippen LogP contribution in [-0.4, -0.2) is 54.3 Å². The molecule has 0 radical (unpaired) electrons. The van der Waals surface area contributed by atoms with E-state index < -0.39 is 5.91 Å². The Morgan fingerprint density at radius 3 is 2.41 bits per heavy atom. The fraction of sp³-hybridized carbons (Fsp3) is 0.286. The number of amides is 2. The minimum Gasteiger partial charge on any atom is -0.497 e. The van der Waals surface area contributed by atoms with Crippen LogP contribution in [0.15, 0.2) is 71.9 Å². The third-order valence-corrected chi connectivity index (χ3v) is 6.61. The molecule has 1 aromatic heterocycles. The quantitative estimate of drug-likeness (QED) is 0.361. The van der Waals surface area contributed by atoms with E-state index in [4.69, 9.17) is 26.8 Å². The van der Waals surface area contributed by atoms with Crippen LogP contribution in [0.3, 0.4) is 0 Å². The normalized spacial score (nSPS) is 17.8.